The normalized spacial score (nSPS) is 19.6. The van der Waals surface area contributed by atoms with Crippen molar-refractivity contribution in [2.45, 2.75) is 13.3 Å². The van der Waals surface area contributed by atoms with E-state index in [1.54, 1.807) is 0 Å². The second kappa shape index (κ2) is 5.65. The first-order chi connectivity index (χ1) is 8.35. The van der Waals surface area contributed by atoms with Crippen LogP contribution in [0.5, 0.6) is 0 Å². The van der Waals surface area contributed by atoms with Crippen LogP contribution in [0.3, 0.4) is 0 Å². The highest BCUT2D eigenvalue weighted by Crippen LogP contribution is 2.31. The second-order valence-corrected chi connectivity index (χ2v) is 4.31. The first-order valence-corrected chi connectivity index (χ1v) is 6.19. The highest BCUT2D eigenvalue weighted by atomic mass is 14.5. The third kappa shape index (κ3) is 2.75. The molecule has 17 heavy (non-hydrogen) atoms. The molecule has 3 rings (SSSR count). The summed E-state index contributed by atoms with van der Waals surface area (Å²) in [5.41, 5.74) is 9.16. The molecule has 0 saturated carbocycles. The molecule has 0 aliphatic heterocycles. The quantitative estimate of drug-likeness (QED) is 0.720. The van der Waals surface area contributed by atoms with Gasteiger partial charge in [0.15, 0.2) is 0 Å². The molecule has 0 bridgehead atoms. The van der Waals surface area contributed by atoms with Crippen molar-refractivity contribution in [2.24, 2.45) is 11.7 Å². The van der Waals surface area contributed by atoms with Crippen molar-refractivity contribution in [3.63, 3.8) is 0 Å². The van der Waals surface area contributed by atoms with Crippen LogP contribution in [0.25, 0.3) is 6.08 Å². The van der Waals surface area contributed by atoms with E-state index in [9.17, 15) is 0 Å². The fourth-order valence-corrected chi connectivity index (χ4v) is 2.22. The lowest BCUT2D eigenvalue weighted by Gasteiger charge is -2.23. The average Bonchev–Trinajstić information content (AvgIpc) is 2.37. The lowest BCUT2D eigenvalue weighted by molar-refractivity contribution is 0.759. The minimum absolute atomic E-state index is 0.606. The number of allylic oxidation sites excluding steroid dienone is 5. The largest absolute Gasteiger partial charge is 0.331 e. The predicted octanol–water partition coefficient (Wildman–Crippen LogP) is 3.33. The molecule has 1 nitrogen and oxygen atoms in total. The number of hydrogen-bond donors (Lipinski definition) is 1. The zero-order chi connectivity index (χ0) is 12.1. The van der Waals surface area contributed by atoms with E-state index in [1.807, 2.05) is 6.92 Å². The first-order valence-electron chi connectivity index (χ1n) is 6.19. The molecule has 0 radical (unpaired) electrons. The van der Waals surface area contributed by atoms with E-state index in [1.165, 1.54) is 16.7 Å². The summed E-state index contributed by atoms with van der Waals surface area (Å²) in [6.07, 6.45) is 12.3. The Labute approximate surface area is 103 Å². The van der Waals surface area contributed by atoms with Gasteiger partial charge in [0.25, 0.3) is 0 Å². The van der Waals surface area contributed by atoms with Crippen LogP contribution >= 0.6 is 0 Å². The zero-order valence-electron chi connectivity index (χ0n) is 10.3. The van der Waals surface area contributed by atoms with Gasteiger partial charge in [-0.2, -0.15) is 0 Å². The van der Waals surface area contributed by atoms with Crippen LogP contribution in [0.1, 0.15) is 18.1 Å². The topological polar surface area (TPSA) is 26.0 Å². The summed E-state index contributed by atoms with van der Waals surface area (Å²) in [5, 5.41) is 0. The van der Waals surface area contributed by atoms with Gasteiger partial charge in [-0.3, -0.25) is 0 Å². The van der Waals surface area contributed by atoms with E-state index in [0.717, 1.165) is 13.0 Å². The fourth-order valence-electron chi connectivity index (χ4n) is 2.22. The Morgan fingerprint density at radius 2 is 2.00 bits per heavy atom. The maximum absolute atomic E-state index is 4.85. The maximum Gasteiger partial charge on any atom is 0.00619 e. The fraction of sp³-hybridized carbons (Fsp3) is 0.250. The molecule has 88 valence electrons. The van der Waals surface area contributed by atoms with E-state index in [0.29, 0.717) is 5.92 Å². The standard InChI is InChI=1S/C14H12.C2H7N/c1-2-6-12-10-14-8-4-3-7-13(14)9-11(12)5-1;1-2-3/h1-9,12H,10H2;2-3H2,1H3. The van der Waals surface area contributed by atoms with Gasteiger partial charge in [0.1, 0.15) is 0 Å². The van der Waals surface area contributed by atoms with Crippen LogP contribution in [0, 0.1) is 5.92 Å². The van der Waals surface area contributed by atoms with Gasteiger partial charge >= 0.3 is 0 Å². The van der Waals surface area contributed by atoms with E-state index in [4.69, 9.17) is 5.73 Å². The number of rotatable bonds is 0. The van der Waals surface area contributed by atoms with Crippen LogP contribution in [0.4, 0.5) is 0 Å². The molecule has 1 atom stereocenters. The van der Waals surface area contributed by atoms with E-state index >= 15 is 0 Å². The third-order valence-corrected chi connectivity index (χ3v) is 2.99. The Kier molecular flexibility index (Phi) is 3.94. The van der Waals surface area contributed by atoms with Gasteiger partial charge in [0, 0.05) is 5.92 Å². The van der Waals surface area contributed by atoms with Gasteiger partial charge in [0.2, 0.25) is 0 Å². The Morgan fingerprint density at radius 3 is 2.82 bits per heavy atom. The summed E-state index contributed by atoms with van der Waals surface area (Å²) >= 11 is 0. The Bertz CT molecular complexity index is 466. The van der Waals surface area contributed by atoms with Crippen molar-refractivity contribution in [3.05, 3.63) is 65.3 Å². The molecular formula is C16H19N. The number of nitrogens with two attached hydrogens (primary N) is 1. The van der Waals surface area contributed by atoms with Crippen molar-refractivity contribution in [1.29, 1.82) is 0 Å². The highest BCUT2D eigenvalue weighted by molar-refractivity contribution is 5.64. The van der Waals surface area contributed by atoms with Crippen LogP contribution in [-0.2, 0) is 6.42 Å². The van der Waals surface area contributed by atoms with Gasteiger partial charge in [-0.25, -0.2) is 0 Å². The average molecular weight is 225 g/mol. The van der Waals surface area contributed by atoms with E-state index in [-0.39, 0.29) is 0 Å². The minimum atomic E-state index is 0.606. The lowest BCUT2D eigenvalue weighted by Crippen LogP contribution is -2.11. The van der Waals surface area contributed by atoms with Crippen LogP contribution in [0.2, 0.25) is 0 Å². The molecule has 0 saturated heterocycles. The predicted molar refractivity (Wildman–Crippen MR) is 74.6 cm³/mol. The molecule has 1 unspecified atom stereocenters. The summed E-state index contributed by atoms with van der Waals surface area (Å²) in [5.74, 6) is 0.606. The van der Waals surface area contributed by atoms with Gasteiger partial charge in [-0.15, -0.1) is 0 Å². The number of benzene rings is 1. The molecule has 0 amide bonds. The summed E-state index contributed by atoms with van der Waals surface area (Å²) in [6, 6.07) is 8.66. The van der Waals surface area contributed by atoms with Crippen molar-refractivity contribution < 1.29 is 0 Å². The van der Waals surface area contributed by atoms with Crippen molar-refractivity contribution >= 4 is 6.08 Å². The third-order valence-electron chi connectivity index (χ3n) is 2.99. The summed E-state index contributed by atoms with van der Waals surface area (Å²) in [6.45, 7) is 2.65. The Morgan fingerprint density at radius 1 is 1.24 bits per heavy atom. The molecule has 2 aliphatic rings. The molecule has 0 fully saturated rings. The number of fused-ring (bicyclic) bond motifs is 2. The van der Waals surface area contributed by atoms with Crippen LogP contribution < -0.4 is 5.73 Å². The second-order valence-electron chi connectivity index (χ2n) is 4.31. The van der Waals surface area contributed by atoms with Gasteiger partial charge < -0.3 is 5.73 Å². The van der Waals surface area contributed by atoms with Crippen LogP contribution in [-0.4, -0.2) is 6.54 Å². The molecule has 0 spiro atoms. The van der Waals surface area contributed by atoms with E-state index in [2.05, 4.69) is 54.6 Å². The van der Waals surface area contributed by atoms with E-state index < -0.39 is 0 Å². The van der Waals surface area contributed by atoms with Gasteiger partial charge in [-0.05, 0) is 29.7 Å². The van der Waals surface area contributed by atoms with Gasteiger partial charge in [-0.1, -0.05) is 61.6 Å². The molecule has 2 N–H and O–H groups in total. The molecule has 2 aliphatic carbocycles. The van der Waals surface area contributed by atoms with Crippen LogP contribution in [0.15, 0.2) is 54.1 Å². The SMILES string of the molecule is C1=CC2=Cc3ccccc3CC2C=C1.CCN. The molecule has 0 aromatic heterocycles. The molecule has 1 heteroatoms. The monoisotopic (exact) mass is 225 g/mol. The first kappa shape index (κ1) is 11.9. The van der Waals surface area contributed by atoms with Gasteiger partial charge in [0.05, 0.1) is 0 Å². The minimum Gasteiger partial charge on any atom is -0.331 e. The molecule has 0 heterocycles. The van der Waals surface area contributed by atoms with Crippen molar-refractivity contribution in [1.82, 2.24) is 0 Å². The summed E-state index contributed by atoms with van der Waals surface area (Å²) in [7, 11) is 0. The molecular weight excluding hydrogens is 206 g/mol. The maximum atomic E-state index is 4.85. The smallest absolute Gasteiger partial charge is 0.00619 e. The van der Waals surface area contributed by atoms with Crippen molar-refractivity contribution in [2.75, 3.05) is 6.54 Å². The number of hydrogen-bond acceptors (Lipinski definition) is 1. The Balaban J connectivity index is 0.000000329. The summed E-state index contributed by atoms with van der Waals surface area (Å²) < 4.78 is 0. The van der Waals surface area contributed by atoms with Crippen molar-refractivity contribution in [3.8, 4) is 0 Å². The highest BCUT2D eigenvalue weighted by Gasteiger charge is 2.17. The summed E-state index contributed by atoms with van der Waals surface area (Å²) in [4.78, 5) is 0. The molecule has 1 aromatic carbocycles. The Hall–Kier alpha value is -1.60. The zero-order valence-corrected chi connectivity index (χ0v) is 10.3. The lowest BCUT2D eigenvalue weighted by atomic mass is 9.81. The molecule has 1 aromatic rings.